The molecule has 0 unspecified atom stereocenters. The van der Waals surface area contributed by atoms with Crippen molar-refractivity contribution in [1.29, 1.82) is 0 Å². The Bertz CT molecular complexity index is 493. The number of pyridine rings is 1. The number of carbonyl (C=O) groups is 1. The molecule has 2 N–H and O–H groups in total. The van der Waals surface area contributed by atoms with E-state index >= 15 is 0 Å². The highest BCUT2D eigenvalue weighted by Crippen LogP contribution is 2.06. The third-order valence-electron chi connectivity index (χ3n) is 2.56. The summed E-state index contributed by atoms with van der Waals surface area (Å²) in [6.45, 7) is 0.642. The van der Waals surface area contributed by atoms with Gasteiger partial charge in [-0.15, -0.1) is 0 Å². The molecule has 1 amide bonds. The first-order valence-corrected chi connectivity index (χ1v) is 6.67. The number of nitrogens with one attached hydrogen (secondary N) is 2. The summed E-state index contributed by atoms with van der Waals surface area (Å²) in [6.07, 6.45) is 2.43. The Kier molecular flexibility index (Phi) is 4.30. The van der Waals surface area contributed by atoms with Crippen molar-refractivity contribution in [2.24, 2.45) is 0 Å². The minimum Gasteiger partial charge on any atom is -0.373 e. The van der Waals surface area contributed by atoms with Gasteiger partial charge in [-0.1, -0.05) is 0 Å². The summed E-state index contributed by atoms with van der Waals surface area (Å²) in [5.41, 5.74) is 1.84. The van der Waals surface area contributed by atoms with Crippen LogP contribution in [0.1, 0.15) is 15.9 Å². The van der Waals surface area contributed by atoms with Crippen molar-refractivity contribution in [2.75, 3.05) is 18.9 Å². The minimum atomic E-state index is -0.0830. The smallest absolute Gasteiger partial charge is 0.252 e. The lowest BCUT2D eigenvalue weighted by atomic mass is 10.2. The minimum absolute atomic E-state index is 0.0830. The molecule has 0 aliphatic rings. The maximum absolute atomic E-state index is 11.8. The molecule has 0 aliphatic carbocycles. The quantitative estimate of drug-likeness (QED) is 0.867. The molecule has 0 atom stereocenters. The Morgan fingerprint density at radius 1 is 1.39 bits per heavy atom. The fourth-order valence-corrected chi connectivity index (χ4v) is 2.24. The molecular formula is C13H15N3OS. The van der Waals surface area contributed by atoms with E-state index in [0.717, 1.165) is 12.2 Å². The number of anilines is 1. The van der Waals surface area contributed by atoms with Crippen LogP contribution in [0.15, 0.2) is 35.2 Å². The van der Waals surface area contributed by atoms with Crippen molar-refractivity contribution in [3.8, 4) is 0 Å². The predicted octanol–water partition coefficient (Wildman–Crippen LogP) is 2.16. The van der Waals surface area contributed by atoms with E-state index in [2.05, 4.69) is 27.1 Å². The molecule has 2 heterocycles. The monoisotopic (exact) mass is 261 g/mol. The van der Waals surface area contributed by atoms with Crippen molar-refractivity contribution in [3.63, 3.8) is 0 Å². The van der Waals surface area contributed by atoms with Gasteiger partial charge in [-0.25, -0.2) is 4.98 Å². The molecule has 18 heavy (non-hydrogen) atoms. The van der Waals surface area contributed by atoms with Crippen LogP contribution in [0.4, 0.5) is 5.82 Å². The van der Waals surface area contributed by atoms with E-state index in [9.17, 15) is 4.79 Å². The van der Waals surface area contributed by atoms with Gasteiger partial charge in [-0.05, 0) is 40.9 Å². The van der Waals surface area contributed by atoms with E-state index in [4.69, 9.17) is 0 Å². The molecule has 0 saturated heterocycles. The van der Waals surface area contributed by atoms with E-state index in [1.807, 2.05) is 5.38 Å². The molecule has 0 aliphatic heterocycles. The Morgan fingerprint density at radius 3 is 2.89 bits per heavy atom. The number of aromatic nitrogens is 1. The Labute approximate surface area is 110 Å². The molecule has 0 radical (unpaired) electrons. The summed E-state index contributed by atoms with van der Waals surface area (Å²) in [5, 5.41) is 9.93. The second kappa shape index (κ2) is 6.16. The molecule has 5 heteroatoms. The fraction of sp³-hybridized carbons (Fsp3) is 0.231. The van der Waals surface area contributed by atoms with Crippen molar-refractivity contribution in [2.45, 2.75) is 6.42 Å². The number of hydrogen-bond donors (Lipinski definition) is 2. The maximum Gasteiger partial charge on any atom is 0.252 e. The summed E-state index contributed by atoms with van der Waals surface area (Å²) in [7, 11) is 1.79. The molecule has 2 rings (SSSR count). The van der Waals surface area contributed by atoms with E-state index in [-0.39, 0.29) is 5.91 Å². The molecule has 2 aromatic heterocycles. The van der Waals surface area contributed by atoms with Gasteiger partial charge in [0, 0.05) is 19.8 Å². The molecule has 4 nitrogen and oxygen atoms in total. The zero-order valence-corrected chi connectivity index (χ0v) is 11.0. The first kappa shape index (κ1) is 12.6. The Morgan fingerprint density at radius 2 is 2.28 bits per heavy atom. The average molecular weight is 261 g/mol. The third kappa shape index (κ3) is 3.30. The van der Waals surface area contributed by atoms with Crippen LogP contribution < -0.4 is 10.6 Å². The molecule has 0 bridgehead atoms. The second-order valence-corrected chi connectivity index (χ2v) is 4.60. The van der Waals surface area contributed by atoms with Crippen LogP contribution in [0.25, 0.3) is 0 Å². The van der Waals surface area contributed by atoms with E-state index in [1.54, 1.807) is 36.7 Å². The summed E-state index contributed by atoms with van der Waals surface area (Å²) in [5.74, 6) is 0.671. The number of thiophene rings is 1. The van der Waals surface area contributed by atoms with Gasteiger partial charge < -0.3 is 10.6 Å². The van der Waals surface area contributed by atoms with Crippen LogP contribution in [0, 0.1) is 0 Å². The third-order valence-corrected chi connectivity index (χ3v) is 3.29. The second-order valence-electron chi connectivity index (χ2n) is 3.82. The van der Waals surface area contributed by atoms with Crippen molar-refractivity contribution >= 4 is 23.1 Å². The van der Waals surface area contributed by atoms with Crippen LogP contribution >= 0.6 is 11.3 Å². The molecule has 0 spiro atoms. The Balaban J connectivity index is 1.83. The van der Waals surface area contributed by atoms with Crippen LogP contribution in [-0.2, 0) is 6.42 Å². The van der Waals surface area contributed by atoms with Gasteiger partial charge in [0.1, 0.15) is 5.82 Å². The van der Waals surface area contributed by atoms with E-state index < -0.39 is 0 Å². The van der Waals surface area contributed by atoms with Gasteiger partial charge in [0.05, 0.1) is 5.56 Å². The summed E-state index contributed by atoms with van der Waals surface area (Å²) >= 11 is 1.67. The van der Waals surface area contributed by atoms with Crippen molar-refractivity contribution in [3.05, 3.63) is 46.3 Å². The lowest BCUT2D eigenvalue weighted by Crippen LogP contribution is -2.25. The van der Waals surface area contributed by atoms with Crippen LogP contribution in [0.3, 0.4) is 0 Å². The first-order valence-electron chi connectivity index (χ1n) is 5.72. The topological polar surface area (TPSA) is 54.0 Å². The SMILES string of the molecule is CNc1ccc(C(=O)NCCc2ccsc2)cn1. The molecular weight excluding hydrogens is 246 g/mol. The largest absolute Gasteiger partial charge is 0.373 e. The summed E-state index contributed by atoms with van der Waals surface area (Å²) < 4.78 is 0. The number of nitrogens with zero attached hydrogens (tertiary/aromatic N) is 1. The first-order chi connectivity index (χ1) is 8.79. The van der Waals surface area contributed by atoms with Crippen LogP contribution in [0.2, 0.25) is 0 Å². The fourth-order valence-electron chi connectivity index (χ4n) is 1.53. The lowest BCUT2D eigenvalue weighted by molar-refractivity contribution is 0.0954. The van der Waals surface area contributed by atoms with Crippen LogP contribution in [0.5, 0.6) is 0 Å². The van der Waals surface area contributed by atoms with Gasteiger partial charge in [0.25, 0.3) is 5.91 Å². The molecule has 0 fully saturated rings. The van der Waals surface area contributed by atoms with Crippen molar-refractivity contribution < 1.29 is 4.79 Å². The van der Waals surface area contributed by atoms with Gasteiger partial charge in [-0.3, -0.25) is 4.79 Å². The zero-order valence-electron chi connectivity index (χ0n) is 10.1. The number of carbonyl (C=O) groups excluding carboxylic acids is 1. The standard InChI is InChI=1S/C13H15N3OS/c1-14-12-3-2-11(8-16-12)13(17)15-6-4-10-5-7-18-9-10/h2-3,5,7-9H,4,6H2,1H3,(H,14,16)(H,15,17). The lowest BCUT2D eigenvalue weighted by Gasteiger charge is -2.05. The maximum atomic E-state index is 11.8. The van der Waals surface area contributed by atoms with E-state index in [0.29, 0.717) is 12.1 Å². The summed E-state index contributed by atoms with van der Waals surface area (Å²) in [6, 6.07) is 5.62. The average Bonchev–Trinajstić information content (AvgIpc) is 2.92. The van der Waals surface area contributed by atoms with E-state index in [1.165, 1.54) is 5.56 Å². The van der Waals surface area contributed by atoms with Gasteiger partial charge in [0.2, 0.25) is 0 Å². The molecule has 2 aromatic rings. The highest BCUT2D eigenvalue weighted by Gasteiger charge is 2.05. The Hall–Kier alpha value is -1.88. The number of amides is 1. The van der Waals surface area contributed by atoms with Gasteiger partial charge in [0.15, 0.2) is 0 Å². The van der Waals surface area contributed by atoms with Crippen LogP contribution in [-0.4, -0.2) is 24.5 Å². The van der Waals surface area contributed by atoms with Gasteiger partial charge >= 0.3 is 0 Å². The molecule has 0 saturated carbocycles. The van der Waals surface area contributed by atoms with Gasteiger partial charge in [-0.2, -0.15) is 11.3 Å². The predicted molar refractivity (Wildman–Crippen MR) is 74.1 cm³/mol. The molecule has 0 aromatic carbocycles. The normalized spacial score (nSPS) is 10.1. The molecule has 94 valence electrons. The highest BCUT2D eigenvalue weighted by molar-refractivity contribution is 7.07. The van der Waals surface area contributed by atoms with Crippen molar-refractivity contribution in [1.82, 2.24) is 10.3 Å². The number of hydrogen-bond acceptors (Lipinski definition) is 4. The zero-order chi connectivity index (χ0) is 12.8. The number of rotatable bonds is 5. The highest BCUT2D eigenvalue weighted by atomic mass is 32.1. The summed E-state index contributed by atoms with van der Waals surface area (Å²) in [4.78, 5) is 15.9.